The molecular formula is C7H12O. The Morgan fingerprint density at radius 2 is 2.50 bits per heavy atom. The molecule has 0 aliphatic carbocycles. The van der Waals surface area contributed by atoms with Gasteiger partial charge in [-0.05, 0) is 32.8 Å². The highest BCUT2D eigenvalue weighted by atomic mass is 16.5. The highest BCUT2D eigenvalue weighted by Crippen LogP contribution is 2.14. The van der Waals surface area contributed by atoms with Crippen molar-refractivity contribution in [2.75, 3.05) is 0 Å². The minimum Gasteiger partial charge on any atom is -0.496 e. The average Bonchev–Trinajstić information content (AvgIpc) is 1.64. The molecule has 0 aromatic carbocycles. The van der Waals surface area contributed by atoms with Crippen LogP contribution in [0.1, 0.15) is 26.7 Å². The standard InChI is InChI=1S/C7H12O/c1-6-4-3-5-7(2)8-6/h4,7H,3,5H2,1-2H3/t7-/m1/s1. The van der Waals surface area contributed by atoms with E-state index in [0.717, 1.165) is 5.76 Å². The van der Waals surface area contributed by atoms with Crippen LogP contribution in [0.2, 0.25) is 0 Å². The summed E-state index contributed by atoms with van der Waals surface area (Å²) in [5, 5.41) is 0. The smallest absolute Gasteiger partial charge is 0.0957 e. The Bertz CT molecular complexity index is 105. The summed E-state index contributed by atoms with van der Waals surface area (Å²) in [4.78, 5) is 0. The van der Waals surface area contributed by atoms with Gasteiger partial charge >= 0.3 is 0 Å². The molecule has 1 nitrogen and oxygen atoms in total. The molecule has 0 aromatic heterocycles. The van der Waals surface area contributed by atoms with Crippen LogP contribution in [0.15, 0.2) is 11.8 Å². The van der Waals surface area contributed by atoms with Crippen molar-refractivity contribution in [1.29, 1.82) is 0 Å². The number of rotatable bonds is 0. The molecule has 0 amide bonds. The summed E-state index contributed by atoms with van der Waals surface area (Å²) in [7, 11) is 0. The molecule has 0 spiro atoms. The van der Waals surface area contributed by atoms with Gasteiger partial charge in [0.25, 0.3) is 0 Å². The second-order valence-corrected chi connectivity index (χ2v) is 2.32. The van der Waals surface area contributed by atoms with E-state index in [4.69, 9.17) is 4.74 Å². The first-order chi connectivity index (χ1) is 3.79. The molecule has 0 unspecified atom stereocenters. The number of ether oxygens (including phenoxy) is 1. The van der Waals surface area contributed by atoms with E-state index in [-0.39, 0.29) is 0 Å². The van der Waals surface area contributed by atoms with Gasteiger partial charge in [-0.15, -0.1) is 0 Å². The molecule has 1 heteroatoms. The molecule has 1 atom stereocenters. The zero-order valence-electron chi connectivity index (χ0n) is 5.48. The van der Waals surface area contributed by atoms with Crippen molar-refractivity contribution in [1.82, 2.24) is 0 Å². The summed E-state index contributed by atoms with van der Waals surface area (Å²) in [5.41, 5.74) is 0. The zero-order chi connectivity index (χ0) is 5.98. The quantitative estimate of drug-likeness (QED) is 0.466. The largest absolute Gasteiger partial charge is 0.496 e. The van der Waals surface area contributed by atoms with Crippen LogP contribution in [0.4, 0.5) is 0 Å². The lowest BCUT2D eigenvalue weighted by atomic mass is 10.1. The second-order valence-electron chi connectivity index (χ2n) is 2.32. The van der Waals surface area contributed by atoms with Crippen molar-refractivity contribution < 1.29 is 4.74 Å². The molecule has 0 fully saturated rings. The van der Waals surface area contributed by atoms with Crippen molar-refractivity contribution in [2.45, 2.75) is 32.8 Å². The molecule has 1 aliphatic heterocycles. The van der Waals surface area contributed by atoms with Crippen LogP contribution in [0.5, 0.6) is 0 Å². The van der Waals surface area contributed by atoms with Gasteiger partial charge < -0.3 is 4.74 Å². The maximum atomic E-state index is 5.35. The predicted molar refractivity (Wildman–Crippen MR) is 33.5 cm³/mol. The maximum absolute atomic E-state index is 5.35. The normalized spacial score (nSPS) is 28.8. The Morgan fingerprint density at radius 1 is 1.75 bits per heavy atom. The summed E-state index contributed by atoms with van der Waals surface area (Å²) in [6.45, 7) is 4.12. The third-order valence-electron chi connectivity index (χ3n) is 1.39. The topological polar surface area (TPSA) is 9.23 Å². The molecule has 1 rings (SSSR count). The Morgan fingerprint density at radius 3 is 2.88 bits per heavy atom. The van der Waals surface area contributed by atoms with Gasteiger partial charge in [0.05, 0.1) is 11.9 Å². The van der Waals surface area contributed by atoms with Gasteiger partial charge in [-0.2, -0.15) is 0 Å². The molecule has 0 radical (unpaired) electrons. The minimum atomic E-state index is 0.444. The lowest BCUT2D eigenvalue weighted by Gasteiger charge is -2.18. The maximum Gasteiger partial charge on any atom is 0.0957 e. The lowest BCUT2D eigenvalue weighted by Crippen LogP contribution is -2.09. The van der Waals surface area contributed by atoms with Crippen molar-refractivity contribution in [3.8, 4) is 0 Å². The van der Waals surface area contributed by atoms with Crippen LogP contribution in [0.3, 0.4) is 0 Å². The summed E-state index contributed by atoms with van der Waals surface area (Å²) >= 11 is 0. The van der Waals surface area contributed by atoms with E-state index < -0.39 is 0 Å². The molecule has 1 heterocycles. The van der Waals surface area contributed by atoms with Gasteiger partial charge in [0.1, 0.15) is 0 Å². The first kappa shape index (κ1) is 5.67. The van der Waals surface area contributed by atoms with Gasteiger partial charge in [0.2, 0.25) is 0 Å². The fraction of sp³-hybridized carbons (Fsp3) is 0.714. The van der Waals surface area contributed by atoms with Crippen LogP contribution in [-0.4, -0.2) is 6.10 Å². The molecule has 0 bridgehead atoms. The third kappa shape index (κ3) is 1.25. The summed E-state index contributed by atoms with van der Waals surface area (Å²) in [5.74, 6) is 1.09. The van der Waals surface area contributed by atoms with Gasteiger partial charge in [0.15, 0.2) is 0 Å². The van der Waals surface area contributed by atoms with Gasteiger partial charge in [-0.25, -0.2) is 0 Å². The SMILES string of the molecule is CC1=CCC[C@@H](C)O1. The average molecular weight is 112 g/mol. The van der Waals surface area contributed by atoms with Crippen molar-refractivity contribution in [3.05, 3.63) is 11.8 Å². The highest BCUT2D eigenvalue weighted by Gasteiger charge is 2.06. The molecule has 0 N–H and O–H groups in total. The molecule has 1 aliphatic rings. The van der Waals surface area contributed by atoms with E-state index in [0.29, 0.717) is 6.10 Å². The monoisotopic (exact) mass is 112 g/mol. The molecule has 0 aromatic rings. The Labute approximate surface area is 50.3 Å². The summed E-state index contributed by atoms with van der Waals surface area (Å²) < 4.78 is 5.35. The molecule has 8 heavy (non-hydrogen) atoms. The van der Waals surface area contributed by atoms with E-state index in [1.165, 1.54) is 12.8 Å². The Balaban J connectivity index is 2.45. The van der Waals surface area contributed by atoms with Crippen molar-refractivity contribution in [3.63, 3.8) is 0 Å². The molecule has 0 saturated carbocycles. The number of hydrogen-bond donors (Lipinski definition) is 0. The predicted octanol–water partition coefficient (Wildman–Crippen LogP) is 2.09. The number of allylic oxidation sites excluding steroid dienone is 2. The zero-order valence-corrected chi connectivity index (χ0v) is 5.48. The van der Waals surface area contributed by atoms with Crippen LogP contribution in [0.25, 0.3) is 0 Å². The van der Waals surface area contributed by atoms with E-state index in [2.05, 4.69) is 13.0 Å². The van der Waals surface area contributed by atoms with Crippen LogP contribution in [0, 0.1) is 0 Å². The van der Waals surface area contributed by atoms with E-state index in [1.54, 1.807) is 0 Å². The van der Waals surface area contributed by atoms with Gasteiger partial charge in [-0.1, -0.05) is 0 Å². The van der Waals surface area contributed by atoms with Crippen LogP contribution >= 0.6 is 0 Å². The molecular weight excluding hydrogens is 100 g/mol. The van der Waals surface area contributed by atoms with E-state index in [1.807, 2.05) is 6.92 Å². The molecule has 46 valence electrons. The van der Waals surface area contributed by atoms with E-state index >= 15 is 0 Å². The van der Waals surface area contributed by atoms with Crippen LogP contribution in [-0.2, 0) is 4.74 Å². The second kappa shape index (κ2) is 2.21. The van der Waals surface area contributed by atoms with E-state index in [9.17, 15) is 0 Å². The Hall–Kier alpha value is -0.460. The Kier molecular flexibility index (Phi) is 1.56. The first-order valence-electron chi connectivity index (χ1n) is 3.12. The van der Waals surface area contributed by atoms with Gasteiger partial charge in [-0.3, -0.25) is 0 Å². The summed E-state index contributed by atoms with van der Waals surface area (Å²) in [6, 6.07) is 0. The number of hydrogen-bond acceptors (Lipinski definition) is 1. The van der Waals surface area contributed by atoms with Crippen molar-refractivity contribution in [2.24, 2.45) is 0 Å². The highest BCUT2D eigenvalue weighted by molar-refractivity contribution is 4.92. The minimum absolute atomic E-state index is 0.444. The van der Waals surface area contributed by atoms with Gasteiger partial charge in [0, 0.05) is 0 Å². The fourth-order valence-electron chi connectivity index (χ4n) is 0.946. The fourth-order valence-corrected chi connectivity index (χ4v) is 0.946. The first-order valence-corrected chi connectivity index (χ1v) is 3.12. The van der Waals surface area contributed by atoms with Crippen molar-refractivity contribution >= 4 is 0 Å². The lowest BCUT2D eigenvalue weighted by molar-refractivity contribution is 0.112. The van der Waals surface area contributed by atoms with Crippen LogP contribution < -0.4 is 0 Å². The third-order valence-corrected chi connectivity index (χ3v) is 1.39. The summed E-state index contributed by atoms with van der Waals surface area (Å²) in [6.07, 6.45) is 4.95. The molecule has 0 saturated heterocycles.